The molecule has 0 radical (unpaired) electrons. The van der Waals surface area contributed by atoms with Gasteiger partial charge in [0, 0.05) is 26.2 Å². The monoisotopic (exact) mass is 486 g/mol. The van der Waals surface area contributed by atoms with E-state index in [0.29, 0.717) is 26.2 Å². The van der Waals surface area contributed by atoms with Crippen LogP contribution in [0.3, 0.4) is 0 Å². The number of benzene rings is 3. The second kappa shape index (κ2) is 11.8. The summed E-state index contributed by atoms with van der Waals surface area (Å²) in [6, 6.07) is 26.9. The Kier molecular flexibility index (Phi) is 8.36. The van der Waals surface area contributed by atoms with Crippen LogP contribution in [0.25, 0.3) is 0 Å². The van der Waals surface area contributed by atoms with Crippen LogP contribution in [0.5, 0.6) is 0 Å². The summed E-state index contributed by atoms with van der Waals surface area (Å²) in [7, 11) is 0. The van der Waals surface area contributed by atoms with Gasteiger partial charge in [-0.2, -0.15) is 0 Å². The quantitative estimate of drug-likeness (QED) is 0.353. The molecule has 1 atom stereocenters. The summed E-state index contributed by atoms with van der Waals surface area (Å²) in [5.74, 6) is -0.318. The molecule has 1 heterocycles. The van der Waals surface area contributed by atoms with Gasteiger partial charge in [-0.25, -0.2) is 4.79 Å². The minimum absolute atomic E-state index is 0.0208. The molecular formula is C29H34N4O3. The Bertz CT molecular complexity index is 1110. The Morgan fingerprint density at radius 3 is 2.17 bits per heavy atom. The molecule has 0 bridgehead atoms. The molecule has 4 rings (SSSR count). The molecule has 0 spiro atoms. The zero-order valence-corrected chi connectivity index (χ0v) is 20.4. The van der Waals surface area contributed by atoms with E-state index in [4.69, 9.17) is 5.73 Å². The van der Waals surface area contributed by atoms with Crippen LogP contribution in [0.2, 0.25) is 0 Å². The number of carbonyl (C=O) groups excluding carboxylic acids is 2. The van der Waals surface area contributed by atoms with Gasteiger partial charge >= 0.3 is 6.03 Å². The predicted molar refractivity (Wildman–Crippen MR) is 140 cm³/mol. The normalized spacial score (nSPS) is 16.0. The van der Waals surface area contributed by atoms with Crippen LogP contribution in [0.15, 0.2) is 84.9 Å². The van der Waals surface area contributed by atoms with E-state index in [1.807, 2.05) is 84.9 Å². The number of hydrogen-bond donors (Lipinski definition) is 4. The van der Waals surface area contributed by atoms with Crippen molar-refractivity contribution in [2.24, 2.45) is 11.7 Å². The van der Waals surface area contributed by atoms with E-state index in [-0.39, 0.29) is 24.5 Å². The molecule has 5 N–H and O–H groups in total. The molecule has 3 aromatic carbocycles. The van der Waals surface area contributed by atoms with Crippen LogP contribution in [0, 0.1) is 5.92 Å². The fourth-order valence-electron chi connectivity index (χ4n) is 5.33. The molecule has 1 aliphatic rings. The maximum absolute atomic E-state index is 13.2. The van der Waals surface area contributed by atoms with Crippen LogP contribution >= 0.6 is 0 Å². The molecule has 0 aliphatic carbocycles. The van der Waals surface area contributed by atoms with Crippen LogP contribution in [0.4, 0.5) is 4.79 Å². The molecule has 36 heavy (non-hydrogen) atoms. The molecule has 1 aliphatic heterocycles. The average molecular weight is 487 g/mol. The van der Waals surface area contributed by atoms with Gasteiger partial charge in [-0.3, -0.25) is 4.79 Å². The molecule has 0 aromatic heterocycles. The Morgan fingerprint density at radius 2 is 1.56 bits per heavy atom. The number of amides is 3. The number of aliphatic hydroxyl groups excluding tert-OH is 1. The van der Waals surface area contributed by atoms with Crippen molar-refractivity contribution in [2.45, 2.75) is 25.0 Å². The molecule has 1 saturated heterocycles. The Labute approximate surface area is 212 Å². The van der Waals surface area contributed by atoms with Crippen LogP contribution in [-0.2, 0) is 23.4 Å². The van der Waals surface area contributed by atoms with Gasteiger partial charge in [0.2, 0.25) is 5.91 Å². The number of likely N-dealkylation sites (tertiary alicyclic amines) is 1. The molecule has 3 aromatic rings. The number of nitrogens with zero attached hydrogens (tertiary/aromatic N) is 1. The molecule has 7 nitrogen and oxygen atoms in total. The standard InChI is InChI=1S/C29H34N4O3/c30-27(35)29(24-10-3-1-4-11-24,25-12-5-2-6-13-25)26-14-16-33(20-26)17-15-31-28(36)32-19-22-8-7-9-23(18-22)21-34/h1-13,18,26,34H,14-17,19-21H2,(H2,30,35)(H2,31,32,36)/t26-/m1/s1. The number of rotatable bonds is 10. The van der Waals surface area contributed by atoms with Gasteiger partial charge < -0.3 is 26.4 Å². The maximum atomic E-state index is 13.2. The lowest BCUT2D eigenvalue weighted by Crippen LogP contribution is -2.49. The summed E-state index contributed by atoms with van der Waals surface area (Å²) in [6.07, 6.45) is 0.833. The third-order valence-corrected chi connectivity index (χ3v) is 7.07. The van der Waals surface area contributed by atoms with E-state index in [1.165, 1.54) is 0 Å². The van der Waals surface area contributed by atoms with Crippen LogP contribution in [-0.4, -0.2) is 48.1 Å². The third kappa shape index (κ3) is 5.58. The molecule has 3 amide bonds. The van der Waals surface area contributed by atoms with Crippen LogP contribution in [0.1, 0.15) is 28.7 Å². The Balaban J connectivity index is 1.37. The van der Waals surface area contributed by atoms with E-state index in [0.717, 1.165) is 35.2 Å². The summed E-state index contributed by atoms with van der Waals surface area (Å²) in [4.78, 5) is 27.7. The summed E-state index contributed by atoms with van der Waals surface area (Å²) >= 11 is 0. The number of urea groups is 1. The van der Waals surface area contributed by atoms with Crippen molar-refractivity contribution in [3.63, 3.8) is 0 Å². The Hall–Kier alpha value is -3.68. The van der Waals surface area contributed by atoms with Crippen molar-refractivity contribution in [2.75, 3.05) is 26.2 Å². The second-order valence-electron chi connectivity index (χ2n) is 9.28. The predicted octanol–water partition coefficient (Wildman–Crippen LogP) is 2.77. The van der Waals surface area contributed by atoms with E-state index < -0.39 is 5.41 Å². The van der Waals surface area contributed by atoms with Crippen molar-refractivity contribution in [3.05, 3.63) is 107 Å². The van der Waals surface area contributed by atoms with Gasteiger partial charge in [0.1, 0.15) is 5.41 Å². The number of aliphatic hydroxyl groups is 1. The lowest BCUT2D eigenvalue weighted by molar-refractivity contribution is -0.123. The van der Waals surface area contributed by atoms with Crippen molar-refractivity contribution < 1.29 is 14.7 Å². The van der Waals surface area contributed by atoms with Gasteiger partial charge in [0.25, 0.3) is 0 Å². The van der Waals surface area contributed by atoms with E-state index in [9.17, 15) is 14.7 Å². The fourth-order valence-corrected chi connectivity index (χ4v) is 5.33. The van der Waals surface area contributed by atoms with E-state index in [2.05, 4.69) is 15.5 Å². The van der Waals surface area contributed by atoms with Crippen molar-refractivity contribution in [1.29, 1.82) is 0 Å². The first-order valence-electron chi connectivity index (χ1n) is 12.4. The summed E-state index contributed by atoms with van der Waals surface area (Å²) in [6.45, 7) is 3.08. The first kappa shape index (κ1) is 25.4. The van der Waals surface area contributed by atoms with E-state index in [1.54, 1.807) is 0 Å². The topological polar surface area (TPSA) is 108 Å². The highest BCUT2D eigenvalue weighted by atomic mass is 16.3. The van der Waals surface area contributed by atoms with Gasteiger partial charge in [0.15, 0.2) is 0 Å². The highest BCUT2D eigenvalue weighted by molar-refractivity contribution is 5.91. The molecule has 188 valence electrons. The minimum atomic E-state index is -0.912. The first-order chi connectivity index (χ1) is 17.5. The summed E-state index contributed by atoms with van der Waals surface area (Å²) < 4.78 is 0. The number of carbonyl (C=O) groups is 2. The molecule has 7 heteroatoms. The third-order valence-electron chi connectivity index (χ3n) is 7.07. The lowest BCUT2D eigenvalue weighted by atomic mass is 9.64. The Morgan fingerprint density at radius 1 is 0.917 bits per heavy atom. The highest BCUT2D eigenvalue weighted by Crippen LogP contribution is 2.43. The highest BCUT2D eigenvalue weighted by Gasteiger charge is 2.49. The molecule has 0 saturated carbocycles. The molecular weight excluding hydrogens is 452 g/mol. The zero-order chi connectivity index (χ0) is 25.4. The van der Waals surface area contributed by atoms with Crippen molar-refractivity contribution >= 4 is 11.9 Å². The smallest absolute Gasteiger partial charge is 0.315 e. The van der Waals surface area contributed by atoms with Gasteiger partial charge in [-0.15, -0.1) is 0 Å². The minimum Gasteiger partial charge on any atom is -0.392 e. The lowest BCUT2D eigenvalue weighted by Gasteiger charge is -2.37. The molecule has 0 unspecified atom stereocenters. The number of nitrogens with two attached hydrogens (primary N) is 1. The summed E-state index contributed by atoms with van der Waals surface area (Å²) in [5, 5.41) is 15.0. The zero-order valence-electron chi connectivity index (χ0n) is 20.4. The van der Waals surface area contributed by atoms with Crippen molar-refractivity contribution in [3.8, 4) is 0 Å². The number of hydrogen-bond acceptors (Lipinski definition) is 4. The van der Waals surface area contributed by atoms with Gasteiger partial charge in [0.05, 0.1) is 6.61 Å². The SMILES string of the molecule is NC(=O)C(c1ccccc1)(c1ccccc1)[C@@H]1CCN(CCNC(=O)NCc2cccc(CO)c2)C1. The fraction of sp³-hybridized carbons (Fsp3) is 0.310. The van der Waals surface area contributed by atoms with Crippen LogP contribution < -0.4 is 16.4 Å². The molecule has 1 fully saturated rings. The number of primary amides is 1. The summed E-state index contributed by atoms with van der Waals surface area (Å²) in [5.41, 5.74) is 8.83. The largest absolute Gasteiger partial charge is 0.392 e. The van der Waals surface area contributed by atoms with E-state index >= 15 is 0 Å². The van der Waals surface area contributed by atoms with Gasteiger partial charge in [-0.1, -0.05) is 84.9 Å². The average Bonchev–Trinajstić information content (AvgIpc) is 3.38. The maximum Gasteiger partial charge on any atom is 0.315 e. The van der Waals surface area contributed by atoms with Crippen molar-refractivity contribution in [1.82, 2.24) is 15.5 Å². The first-order valence-corrected chi connectivity index (χ1v) is 12.4. The van der Waals surface area contributed by atoms with Gasteiger partial charge in [-0.05, 0) is 41.1 Å². The number of nitrogens with one attached hydrogen (secondary N) is 2. The second-order valence-corrected chi connectivity index (χ2v) is 9.28.